The molecule has 0 saturated carbocycles. The smallest absolute Gasteiger partial charge is 0.357 e. The second-order valence-electron chi connectivity index (χ2n) is 3.65. The van der Waals surface area contributed by atoms with Crippen molar-refractivity contribution >= 4 is 12.0 Å². The maximum absolute atomic E-state index is 10.6. The molecule has 1 unspecified atom stereocenters. The van der Waals surface area contributed by atoms with Gasteiger partial charge in [0.25, 0.3) is 6.01 Å². The maximum Gasteiger partial charge on any atom is 0.357 e. The third kappa shape index (κ3) is 2.83. The average Bonchev–Trinajstić information content (AvgIpc) is 2.88. The Kier molecular flexibility index (Phi) is 3.08. The molecule has 0 spiro atoms. The molecule has 0 aromatic carbocycles. The van der Waals surface area contributed by atoms with E-state index in [1.54, 1.807) is 12.5 Å². The Bertz CT molecular complexity index is 491. The van der Waals surface area contributed by atoms with Crippen LogP contribution in [0.4, 0.5) is 6.01 Å². The summed E-state index contributed by atoms with van der Waals surface area (Å²) >= 11 is 0. The summed E-state index contributed by atoms with van der Waals surface area (Å²) in [6.45, 7) is 2.62. The molecule has 0 radical (unpaired) electrons. The first-order valence-corrected chi connectivity index (χ1v) is 5.06. The van der Waals surface area contributed by atoms with Crippen molar-refractivity contribution in [3.05, 3.63) is 30.7 Å². The summed E-state index contributed by atoms with van der Waals surface area (Å²) in [6, 6.07) is 0.250. The molecule has 1 atom stereocenters. The molecule has 2 aromatic heterocycles. The summed E-state index contributed by atoms with van der Waals surface area (Å²) in [6.07, 6.45) is 6.35. The molecule has 0 saturated heterocycles. The van der Waals surface area contributed by atoms with E-state index in [-0.39, 0.29) is 17.8 Å². The van der Waals surface area contributed by atoms with Crippen LogP contribution in [0.2, 0.25) is 0 Å². The molecule has 0 aliphatic heterocycles. The Balaban J connectivity index is 1.93. The number of nitrogens with one attached hydrogen (secondary N) is 1. The lowest BCUT2D eigenvalue weighted by molar-refractivity contribution is 0.0690. The SMILES string of the molecule is CC(Cn1ccnc1)Nc1nc(C(=O)O)co1. The summed E-state index contributed by atoms with van der Waals surface area (Å²) < 4.78 is 6.89. The van der Waals surface area contributed by atoms with Crippen LogP contribution in [0.3, 0.4) is 0 Å². The van der Waals surface area contributed by atoms with Gasteiger partial charge in [0.2, 0.25) is 0 Å². The summed E-state index contributed by atoms with van der Waals surface area (Å²) in [5.74, 6) is -1.11. The zero-order valence-corrected chi connectivity index (χ0v) is 9.20. The van der Waals surface area contributed by atoms with Gasteiger partial charge >= 0.3 is 5.97 Å². The summed E-state index contributed by atoms with van der Waals surface area (Å²) in [7, 11) is 0. The lowest BCUT2D eigenvalue weighted by Gasteiger charge is -2.12. The Morgan fingerprint density at radius 1 is 1.71 bits per heavy atom. The number of aromatic carboxylic acids is 1. The number of aromatic nitrogens is 3. The molecule has 0 aliphatic carbocycles. The molecular weight excluding hydrogens is 224 g/mol. The lowest BCUT2D eigenvalue weighted by atomic mass is 10.3. The van der Waals surface area contributed by atoms with Gasteiger partial charge in [0, 0.05) is 25.0 Å². The highest BCUT2D eigenvalue weighted by atomic mass is 16.4. The topological polar surface area (TPSA) is 93.2 Å². The number of hydrogen-bond donors (Lipinski definition) is 2. The van der Waals surface area contributed by atoms with Gasteiger partial charge in [0.05, 0.1) is 6.33 Å². The highest BCUT2D eigenvalue weighted by Crippen LogP contribution is 2.09. The van der Waals surface area contributed by atoms with Crippen molar-refractivity contribution in [1.29, 1.82) is 0 Å². The van der Waals surface area contributed by atoms with Gasteiger partial charge in [0.1, 0.15) is 6.26 Å². The first-order valence-electron chi connectivity index (χ1n) is 5.06. The number of carboxylic acid groups (broad SMARTS) is 1. The molecule has 0 bridgehead atoms. The van der Waals surface area contributed by atoms with Gasteiger partial charge in [-0.05, 0) is 6.92 Å². The number of hydrogen-bond acceptors (Lipinski definition) is 5. The molecule has 2 heterocycles. The number of carboxylic acids is 1. The number of imidazole rings is 1. The average molecular weight is 236 g/mol. The highest BCUT2D eigenvalue weighted by molar-refractivity contribution is 5.85. The molecule has 0 fully saturated rings. The van der Waals surface area contributed by atoms with Crippen LogP contribution in [0.1, 0.15) is 17.4 Å². The van der Waals surface area contributed by atoms with E-state index >= 15 is 0 Å². The van der Waals surface area contributed by atoms with E-state index in [1.165, 1.54) is 0 Å². The molecule has 2 rings (SSSR count). The Hall–Kier alpha value is -2.31. The third-order valence-corrected chi connectivity index (χ3v) is 2.14. The van der Waals surface area contributed by atoms with Crippen molar-refractivity contribution in [2.45, 2.75) is 19.5 Å². The zero-order chi connectivity index (χ0) is 12.3. The number of oxazole rings is 1. The fraction of sp³-hybridized carbons (Fsp3) is 0.300. The van der Waals surface area contributed by atoms with Gasteiger partial charge in [-0.2, -0.15) is 4.98 Å². The van der Waals surface area contributed by atoms with Gasteiger partial charge < -0.3 is 19.4 Å². The van der Waals surface area contributed by atoms with Gasteiger partial charge in [-0.1, -0.05) is 0 Å². The monoisotopic (exact) mass is 236 g/mol. The molecule has 17 heavy (non-hydrogen) atoms. The largest absolute Gasteiger partial charge is 0.476 e. The van der Waals surface area contributed by atoms with Crippen LogP contribution in [0.25, 0.3) is 0 Å². The number of nitrogens with zero attached hydrogens (tertiary/aromatic N) is 3. The van der Waals surface area contributed by atoms with E-state index in [4.69, 9.17) is 9.52 Å². The number of anilines is 1. The van der Waals surface area contributed by atoms with E-state index < -0.39 is 5.97 Å². The van der Waals surface area contributed by atoms with Crippen molar-refractivity contribution in [2.75, 3.05) is 5.32 Å². The van der Waals surface area contributed by atoms with Crippen molar-refractivity contribution in [3.8, 4) is 0 Å². The third-order valence-electron chi connectivity index (χ3n) is 2.14. The molecule has 2 aromatic rings. The zero-order valence-electron chi connectivity index (χ0n) is 9.20. The maximum atomic E-state index is 10.6. The highest BCUT2D eigenvalue weighted by Gasteiger charge is 2.12. The van der Waals surface area contributed by atoms with Crippen LogP contribution in [0.15, 0.2) is 29.4 Å². The van der Waals surface area contributed by atoms with Crippen LogP contribution in [-0.2, 0) is 6.54 Å². The lowest BCUT2D eigenvalue weighted by Crippen LogP contribution is -2.21. The Morgan fingerprint density at radius 3 is 3.12 bits per heavy atom. The molecule has 90 valence electrons. The Labute approximate surface area is 97.1 Å². The van der Waals surface area contributed by atoms with Crippen molar-refractivity contribution in [3.63, 3.8) is 0 Å². The number of carbonyl (C=O) groups is 1. The second-order valence-corrected chi connectivity index (χ2v) is 3.65. The molecule has 0 aliphatic rings. The van der Waals surface area contributed by atoms with Crippen molar-refractivity contribution in [1.82, 2.24) is 14.5 Å². The van der Waals surface area contributed by atoms with Crippen LogP contribution < -0.4 is 5.32 Å². The summed E-state index contributed by atoms with van der Waals surface area (Å²) in [5, 5.41) is 11.6. The standard InChI is InChI=1S/C10H12N4O3/c1-7(4-14-3-2-11-6-14)12-10-13-8(5-17-10)9(15)16/h2-3,5-7H,4H2,1H3,(H,12,13)(H,15,16). The quantitative estimate of drug-likeness (QED) is 0.806. The molecule has 2 N–H and O–H groups in total. The Morgan fingerprint density at radius 2 is 2.53 bits per heavy atom. The minimum atomic E-state index is -1.11. The second kappa shape index (κ2) is 4.69. The fourth-order valence-corrected chi connectivity index (χ4v) is 1.41. The van der Waals surface area contributed by atoms with Crippen LogP contribution in [-0.4, -0.2) is 31.7 Å². The van der Waals surface area contributed by atoms with Crippen molar-refractivity contribution in [2.24, 2.45) is 0 Å². The van der Waals surface area contributed by atoms with Crippen LogP contribution in [0.5, 0.6) is 0 Å². The fourth-order valence-electron chi connectivity index (χ4n) is 1.41. The summed E-state index contributed by atoms with van der Waals surface area (Å²) in [5.41, 5.74) is -0.109. The first-order chi connectivity index (χ1) is 8.15. The van der Waals surface area contributed by atoms with Gasteiger partial charge in [-0.25, -0.2) is 9.78 Å². The molecule has 0 amide bonds. The van der Waals surface area contributed by atoms with E-state index in [9.17, 15) is 4.79 Å². The van der Waals surface area contributed by atoms with Gasteiger partial charge in [0.15, 0.2) is 5.69 Å². The van der Waals surface area contributed by atoms with E-state index in [0.717, 1.165) is 6.26 Å². The first kappa shape index (κ1) is 11.2. The predicted molar refractivity (Wildman–Crippen MR) is 58.8 cm³/mol. The number of rotatable bonds is 5. The minimum Gasteiger partial charge on any atom is -0.476 e. The molecule has 7 heteroatoms. The van der Waals surface area contributed by atoms with E-state index in [1.807, 2.05) is 17.7 Å². The normalized spacial score (nSPS) is 12.3. The summed E-state index contributed by atoms with van der Waals surface area (Å²) in [4.78, 5) is 18.3. The van der Waals surface area contributed by atoms with Crippen LogP contribution >= 0.6 is 0 Å². The van der Waals surface area contributed by atoms with E-state index in [0.29, 0.717) is 6.54 Å². The predicted octanol–water partition coefficient (Wildman–Crippen LogP) is 1.07. The van der Waals surface area contributed by atoms with Gasteiger partial charge in [-0.15, -0.1) is 0 Å². The van der Waals surface area contributed by atoms with Crippen molar-refractivity contribution < 1.29 is 14.3 Å². The minimum absolute atomic E-state index is 0.0458. The molecule has 7 nitrogen and oxygen atoms in total. The van der Waals surface area contributed by atoms with Gasteiger partial charge in [-0.3, -0.25) is 0 Å². The molecular formula is C10H12N4O3. The van der Waals surface area contributed by atoms with E-state index in [2.05, 4.69) is 15.3 Å². The van der Waals surface area contributed by atoms with Crippen LogP contribution in [0, 0.1) is 0 Å².